The normalized spacial score (nSPS) is 37.8. The lowest BCUT2D eigenvalue weighted by molar-refractivity contribution is 0.371. The van der Waals surface area contributed by atoms with Gasteiger partial charge < -0.3 is 0 Å². The van der Waals surface area contributed by atoms with Crippen molar-refractivity contribution in [3.63, 3.8) is 0 Å². The third-order valence-electron chi connectivity index (χ3n) is 3.23. The summed E-state index contributed by atoms with van der Waals surface area (Å²) in [7, 11) is 0. The van der Waals surface area contributed by atoms with E-state index in [-0.39, 0.29) is 0 Å². The molecule has 0 aliphatic heterocycles. The van der Waals surface area contributed by atoms with Crippen LogP contribution in [0.15, 0.2) is 12.2 Å². The maximum Gasteiger partial charge on any atom is -0.0170 e. The molecule has 0 spiro atoms. The van der Waals surface area contributed by atoms with E-state index in [2.05, 4.69) is 12.2 Å². The highest BCUT2D eigenvalue weighted by Crippen LogP contribution is 2.35. The minimum atomic E-state index is 0.980. The molecule has 0 bridgehead atoms. The summed E-state index contributed by atoms with van der Waals surface area (Å²) >= 11 is 0. The van der Waals surface area contributed by atoms with E-state index in [9.17, 15) is 0 Å². The summed E-state index contributed by atoms with van der Waals surface area (Å²) in [6.07, 6.45) is 15.2. The molecule has 2 rings (SSSR count). The van der Waals surface area contributed by atoms with E-state index in [4.69, 9.17) is 0 Å². The van der Waals surface area contributed by atoms with Crippen molar-refractivity contribution in [2.24, 2.45) is 11.8 Å². The average Bonchev–Trinajstić information content (AvgIpc) is 2.04. The van der Waals surface area contributed by atoms with Gasteiger partial charge in [-0.3, -0.25) is 0 Å². The lowest BCUT2D eigenvalue weighted by Gasteiger charge is -2.28. The van der Waals surface area contributed by atoms with Crippen LogP contribution in [0.1, 0.15) is 44.9 Å². The third-order valence-corrected chi connectivity index (χ3v) is 3.23. The van der Waals surface area contributed by atoms with Crippen LogP contribution in [0.4, 0.5) is 0 Å². The van der Waals surface area contributed by atoms with Crippen molar-refractivity contribution in [3.05, 3.63) is 12.2 Å². The fourth-order valence-electron chi connectivity index (χ4n) is 2.34. The highest BCUT2D eigenvalue weighted by atomic mass is 14.3. The summed E-state index contributed by atoms with van der Waals surface area (Å²) in [4.78, 5) is 0. The van der Waals surface area contributed by atoms with Gasteiger partial charge in [-0.25, -0.2) is 0 Å². The van der Waals surface area contributed by atoms with E-state index >= 15 is 0 Å². The van der Waals surface area contributed by atoms with Gasteiger partial charge in [-0.15, -0.1) is 0 Å². The van der Waals surface area contributed by atoms with E-state index in [0.29, 0.717) is 0 Å². The van der Waals surface area contributed by atoms with Crippen LogP contribution >= 0.6 is 0 Å². The summed E-state index contributed by atoms with van der Waals surface area (Å²) < 4.78 is 0. The second-order valence-electron chi connectivity index (χ2n) is 4.06. The molecule has 0 aromatic carbocycles. The van der Waals surface area contributed by atoms with Crippen molar-refractivity contribution in [3.8, 4) is 0 Å². The molecule has 0 saturated heterocycles. The molecule has 2 atom stereocenters. The fourth-order valence-corrected chi connectivity index (χ4v) is 2.34. The summed E-state index contributed by atoms with van der Waals surface area (Å²) in [5.74, 6) is 1.96. The molecule has 62 valence electrons. The average molecular weight is 150 g/mol. The summed E-state index contributed by atoms with van der Waals surface area (Å²) in [5.41, 5.74) is 0. The Balaban J connectivity index is 1.86. The highest BCUT2D eigenvalue weighted by molar-refractivity contribution is 5.08. The van der Waals surface area contributed by atoms with Crippen LogP contribution < -0.4 is 0 Å². The zero-order valence-electron chi connectivity index (χ0n) is 7.26. The Morgan fingerprint density at radius 1 is 0.636 bits per heavy atom. The minimum absolute atomic E-state index is 0.980. The van der Waals surface area contributed by atoms with Crippen LogP contribution in [0.25, 0.3) is 0 Å². The molecule has 0 unspecified atom stereocenters. The second kappa shape index (κ2) is 3.42. The predicted octanol–water partition coefficient (Wildman–Crippen LogP) is 3.53. The van der Waals surface area contributed by atoms with Crippen LogP contribution in [-0.4, -0.2) is 0 Å². The molecule has 2 aliphatic carbocycles. The second-order valence-corrected chi connectivity index (χ2v) is 4.06. The van der Waals surface area contributed by atoms with Gasteiger partial charge in [-0.05, 0) is 24.7 Å². The van der Waals surface area contributed by atoms with Crippen molar-refractivity contribution in [1.29, 1.82) is 0 Å². The molecule has 0 aromatic heterocycles. The smallest absolute Gasteiger partial charge is 0.0170 e. The zero-order valence-corrected chi connectivity index (χ0v) is 7.26. The van der Waals surface area contributed by atoms with Crippen LogP contribution in [0.2, 0.25) is 0 Å². The molecule has 0 amide bonds. The Morgan fingerprint density at radius 3 is 1.55 bits per heavy atom. The van der Waals surface area contributed by atoms with Gasteiger partial charge in [0.25, 0.3) is 0 Å². The lowest BCUT2D eigenvalue weighted by atomic mass is 9.77. The van der Waals surface area contributed by atoms with Crippen molar-refractivity contribution in [2.45, 2.75) is 44.9 Å². The lowest BCUT2D eigenvalue weighted by Crippen LogP contribution is -2.17. The predicted molar refractivity (Wildman–Crippen MR) is 48.4 cm³/mol. The summed E-state index contributed by atoms with van der Waals surface area (Å²) in [5, 5.41) is 0. The monoisotopic (exact) mass is 150 g/mol. The molecule has 0 aromatic rings. The van der Waals surface area contributed by atoms with Gasteiger partial charge in [-0.1, -0.05) is 44.3 Å². The molecule has 11 heavy (non-hydrogen) atoms. The molecule has 1 fully saturated rings. The minimum Gasteiger partial charge on any atom is -0.0845 e. The van der Waals surface area contributed by atoms with Crippen LogP contribution in [0, 0.1) is 11.8 Å². The van der Waals surface area contributed by atoms with Gasteiger partial charge in [-0.2, -0.15) is 0 Å². The van der Waals surface area contributed by atoms with E-state index in [1.54, 1.807) is 0 Å². The van der Waals surface area contributed by atoms with Crippen molar-refractivity contribution < 1.29 is 0 Å². The SMILES string of the molecule is C1=C[C@H]2CCCCCCC[C@@H]12. The Bertz CT molecular complexity index is 130. The first kappa shape index (κ1) is 7.39. The summed E-state index contributed by atoms with van der Waals surface area (Å²) in [6, 6.07) is 0. The molecular weight excluding hydrogens is 132 g/mol. The zero-order chi connectivity index (χ0) is 7.52. The van der Waals surface area contributed by atoms with Crippen molar-refractivity contribution in [1.82, 2.24) is 0 Å². The van der Waals surface area contributed by atoms with Crippen LogP contribution in [0.3, 0.4) is 0 Å². The van der Waals surface area contributed by atoms with Crippen molar-refractivity contribution >= 4 is 0 Å². The molecule has 0 radical (unpaired) electrons. The molecule has 0 N–H and O–H groups in total. The number of hydrogen-bond donors (Lipinski definition) is 0. The molecular formula is C11H18. The van der Waals surface area contributed by atoms with Gasteiger partial charge in [0.1, 0.15) is 0 Å². The first-order chi connectivity index (χ1) is 5.47. The van der Waals surface area contributed by atoms with Crippen molar-refractivity contribution in [2.75, 3.05) is 0 Å². The molecule has 2 aliphatic rings. The number of allylic oxidation sites excluding steroid dienone is 2. The molecule has 0 nitrogen and oxygen atoms in total. The Morgan fingerprint density at radius 2 is 1.09 bits per heavy atom. The van der Waals surface area contributed by atoms with E-state index in [1.165, 1.54) is 44.9 Å². The number of fused-ring (bicyclic) bond motifs is 1. The van der Waals surface area contributed by atoms with Gasteiger partial charge in [0, 0.05) is 0 Å². The summed E-state index contributed by atoms with van der Waals surface area (Å²) in [6.45, 7) is 0. The third kappa shape index (κ3) is 1.66. The van der Waals surface area contributed by atoms with Gasteiger partial charge in [0.15, 0.2) is 0 Å². The van der Waals surface area contributed by atoms with Crippen LogP contribution in [0.5, 0.6) is 0 Å². The Kier molecular flexibility index (Phi) is 2.30. The number of rotatable bonds is 0. The number of hydrogen-bond acceptors (Lipinski definition) is 0. The van der Waals surface area contributed by atoms with Gasteiger partial charge in [0.2, 0.25) is 0 Å². The van der Waals surface area contributed by atoms with E-state index < -0.39 is 0 Å². The van der Waals surface area contributed by atoms with Crippen LogP contribution in [-0.2, 0) is 0 Å². The topological polar surface area (TPSA) is 0 Å². The Hall–Kier alpha value is -0.260. The quantitative estimate of drug-likeness (QED) is 0.463. The van der Waals surface area contributed by atoms with Gasteiger partial charge >= 0.3 is 0 Å². The van der Waals surface area contributed by atoms with E-state index in [1.807, 2.05) is 0 Å². The molecule has 0 heteroatoms. The molecule has 1 saturated carbocycles. The molecule has 0 heterocycles. The van der Waals surface area contributed by atoms with Gasteiger partial charge in [0.05, 0.1) is 0 Å². The first-order valence-corrected chi connectivity index (χ1v) is 5.15. The standard InChI is InChI=1S/C11H18/c1-2-4-6-10-8-9-11(10)7-5-3-1/h8-11H,1-7H2/t10-,11+. The Labute approximate surface area is 69.7 Å². The fraction of sp³-hybridized carbons (Fsp3) is 0.818. The van der Waals surface area contributed by atoms with E-state index in [0.717, 1.165) is 11.8 Å². The first-order valence-electron chi connectivity index (χ1n) is 5.15. The maximum atomic E-state index is 2.43. The largest absolute Gasteiger partial charge is 0.0845 e. The maximum absolute atomic E-state index is 2.43. The highest BCUT2D eigenvalue weighted by Gasteiger charge is 2.23.